The third-order valence-corrected chi connectivity index (χ3v) is 3.80. The van der Waals surface area contributed by atoms with Gasteiger partial charge in [0, 0.05) is 20.1 Å². The second-order valence-corrected chi connectivity index (χ2v) is 5.28. The fraction of sp³-hybridized carbons (Fsp3) is 0.400. The quantitative estimate of drug-likeness (QED) is 0.824. The summed E-state index contributed by atoms with van der Waals surface area (Å²) in [5, 5.41) is 0. The molecule has 0 radical (unpaired) electrons. The summed E-state index contributed by atoms with van der Waals surface area (Å²) in [6.07, 6.45) is 1.36. The highest BCUT2D eigenvalue weighted by Gasteiger charge is 2.25. The molecule has 2 heterocycles. The maximum absolute atomic E-state index is 12.1. The molecule has 2 aromatic rings. The van der Waals surface area contributed by atoms with Crippen molar-refractivity contribution in [2.45, 2.75) is 6.54 Å². The van der Waals surface area contributed by atoms with Gasteiger partial charge in [0.05, 0.1) is 23.9 Å². The number of para-hydroxylation sites is 2. The molecule has 1 saturated heterocycles. The van der Waals surface area contributed by atoms with Gasteiger partial charge in [-0.25, -0.2) is 9.78 Å². The van der Waals surface area contributed by atoms with Gasteiger partial charge in [-0.05, 0) is 12.1 Å². The minimum Gasteiger partial charge on any atom is -0.448 e. The van der Waals surface area contributed by atoms with Crippen molar-refractivity contribution in [3.05, 3.63) is 30.6 Å². The lowest BCUT2D eigenvalue weighted by atomic mass is 10.3. The van der Waals surface area contributed by atoms with Gasteiger partial charge in [-0.3, -0.25) is 9.69 Å². The predicted molar refractivity (Wildman–Crippen MR) is 80.3 cm³/mol. The Hall–Kier alpha value is -2.57. The number of hydrogen-bond acceptors (Lipinski definition) is 4. The number of ether oxygens (including phenoxy) is 1. The summed E-state index contributed by atoms with van der Waals surface area (Å²) in [4.78, 5) is 30.8. The van der Waals surface area contributed by atoms with Crippen molar-refractivity contribution in [2.75, 3.05) is 33.3 Å². The van der Waals surface area contributed by atoms with E-state index in [0.717, 1.165) is 11.0 Å². The number of imidazole rings is 1. The maximum Gasteiger partial charge on any atom is 0.410 e. The number of hydrogen-bond donors (Lipinski definition) is 0. The molecule has 0 spiro atoms. The molecule has 7 heteroatoms. The van der Waals surface area contributed by atoms with E-state index in [1.54, 1.807) is 18.3 Å². The molecule has 0 aliphatic carbocycles. The third-order valence-electron chi connectivity index (χ3n) is 3.80. The monoisotopic (exact) mass is 302 g/mol. The van der Waals surface area contributed by atoms with Gasteiger partial charge in [-0.15, -0.1) is 0 Å². The lowest BCUT2D eigenvalue weighted by Gasteiger charge is -2.20. The Bertz CT molecular complexity index is 697. The zero-order valence-electron chi connectivity index (χ0n) is 12.4. The molecule has 0 saturated carbocycles. The minimum absolute atomic E-state index is 0.0695. The first-order chi connectivity index (χ1) is 10.6. The number of benzene rings is 1. The topological polar surface area (TPSA) is 67.7 Å². The molecule has 1 aliphatic rings. The molecule has 0 atom stereocenters. The van der Waals surface area contributed by atoms with Crippen molar-refractivity contribution < 1.29 is 14.3 Å². The standard InChI is InChI=1S/C15H18N4O3/c1-17(14(20)10-18-8-9-22-15(18)21)6-7-19-11-16-12-4-2-3-5-13(12)19/h2-5,11H,6-10H2,1H3. The molecule has 0 unspecified atom stereocenters. The molecule has 0 N–H and O–H groups in total. The van der Waals surface area contributed by atoms with Gasteiger partial charge in [-0.2, -0.15) is 0 Å². The van der Waals surface area contributed by atoms with Crippen LogP contribution in [0, 0.1) is 0 Å². The highest BCUT2D eigenvalue weighted by Crippen LogP contribution is 2.11. The second-order valence-electron chi connectivity index (χ2n) is 5.28. The van der Waals surface area contributed by atoms with Crippen LogP contribution in [-0.2, 0) is 16.1 Å². The average Bonchev–Trinajstić information content (AvgIpc) is 3.11. The molecule has 7 nitrogen and oxygen atoms in total. The van der Waals surface area contributed by atoms with Crippen LogP contribution in [0.1, 0.15) is 0 Å². The van der Waals surface area contributed by atoms with E-state index >= 15 is 0 Å². The van der Waals surface area contributed by atoms with Crippen LogP contribution >= 0.6 is 0 Å². The Morgan fingerprint density at radius 3 is 3.00 bits per heavy atom. The first-order valence-corrected chi connectivity index (χ1v) is 7.20. The number of carbonyl (C=O) groups excluding carboxylic acids is 2. The van der Waals surface area contributed by atoms with Gasteiger partial charge in [0.2, 0.25) is 5.91 Å². The van der Waals surface area contributed by atoms with Crippen LogP contribution in [0.4, 0.5) is 4.79 Å². The van der Waals surface area contributed by atoms with Gasteiger partial charge >= 0.3 is 6.09 Å². The van der Waals surface area contributed by atoms with Crippen molar-refractivity contribution in [1.82, 2.24) is 19.4 Å². The van der Waals surface area contributed by atoms with E-state index in [0.29, 0.717) is 26.2 Å². The van der Waals surface area contributed by atoms with Crippen LogP contribution in [0.5, 0.6) is 0 Å². The fourth-order valence-electron chi connectivity index (χ4n) is 2.42. The number of nitrogens with zero attached hydrogens (tertiary/aromatic N) is 4. The smallest absolute Gasteiger partial charge is 0.410 e. The molecule has 22 heavy (non-hydrogen) atoms. The molecule has 1 aliphatic heterocycles. The summed E-state index contributed by atoms with van der Waals surface area (Å²) in [5.41, 5.74) is 1.99. The zero-order chi connectivity index (χ0) is 15.5. The Labute approximate surface area is 128 Å². The molecular weight excluding hydrogens is 284 g/mol. The fourth-order valence-corrected chi connectivity index (χ4v) is 2.42. The van der Waals surface area contributed by atoms with Crippen LogP contribution in [0.25, 0.3) is 11.0 Å². The molecule has 116 valence electrons. The van der Waals surface area contributed by atoms with Crippen molar-refractivity contribution >= 4 is 23.0 Å². The summed E-state index contributed by atoms with van der Waals surface area (Å²) in [5.74, 6) is -0.0942. The lowest BCUT2D eigenvalue weighted by Crippen LogP contribution is -2.40. The summed E-state index contributed by atoms with van der Waals surface area (Å²) < 4.78 is 6.83. The molecule has 1 aromatic heterocycles. The second kappa shape index (κ2) is 6.05. The van der Waals surface area contributed by atoms with E-state index in [4.69, 9.17) is 4.74 Å². The summed E-state index contributed by atoms with van der Waals surface area (Å²) in [6, 6.07) is 7.88. The van der Waals surface area contributed by atoms with E-state index in [2.05, 4.69) is 4.98 Å². The van der Waals surface area contributed by atoms with E-state index in [-0.39, 0.29) is 12.5 Å². The van der Waals surface area contributed by atoms with Crippen LogP contribution in [0.2, 0.25) is 0 Å². The summed E-state index contributed by atoms with van der Waals surface area (Å²) in [7, 11) is 1.74. The van der Waals surface area contributed by atoms with Gasteiger partial charge < -0.3 is 14.2 Å². The van der Waals surface area contributed by atoms with Crippen LogP contribution in [-0.4, -0.2) is 64.6 Å². The van der Waals surface area contributed by atoms with Crippen molar-refractivity contribution in [2.24, 2.45) is 0 Å². The highest BCUT2D eigenvalue weighted by atomic mass is 16.6. The predicted octanol–water partition coefficient (Wildman–Crippen LogP) is 0.947. The number of aromatic nitrogens is 2. The minimum atomic E-state index is -0.414. The van der Waals surface area contributed by atoms with Crippen LogP contribution in [0.3, 0.4) is 0 Å². The number of likely N-dealkylation sites (N-methyl/N-ethyl adjacent to an activating group) is 1. The number of carbonyl (C=O) groups is 2. The summed E-state index contributed by atoms with van der Waals surface area (Å²) in [6.45, 7) is 2.12. The number of cyclic esters (lactones) is 1. The van der Waals surface area contributed by atoms with E-state index in [1.165, 1.54) is 4.90 Å². The summed E-state index contributed by atoms with van der Waals surface area (Å²) >= 11 is 0. The van der Waals surface area contributed by atoms with Gasteiger partial charge in [-0.1, -0.05) is 12.1 Å². The van der Waals surface area contributed by atoms with Crippen molar-refractivity contribution in [3.63, 3.8) is 0 Å². The lowest BCUT2D eigenvalue weighted by molar-refractivity contribution is -0.130. The first kappa shape index (κ1) is 14.4. The van der Waals surface area contributed by atoms with Gasteiger partial charge in [0.15, 0.2) is 0 Å². The Morgan fingerprint density at radius 1 is 1.41 bits per heavy atom. The third kappa shape index (κ3) is 2.88. The normalized spacial score (nSPS) is 14.4. The van der Waals surface area contributed by atoms with Gasteiger partial charge in [0.1, 0.15) is 13.2 Å². The molecule has 1 fully saturated rings. The number of amides is 2. The van der Waals surface area contributed by atoms with E-state index in [1.807, 2.05) is 28.8 Å². The molecule has 2 amide bonds. The van der Waals surface area contributed by atoms with E-state index in [9.17, 15) is 9.59 Å². The largest absolute Gasteiger partial charge is 0.448 e. The Morgan fingerprint density at radius 2 is 2.23 bits per heavy atom. The molecule has 3 rings (SSSR count). The average molecular weight is 302 g/mol. The number of fused-ring (bicyclic) bond motifs is 1. The molecule has 1 aromatic carbocycles. The van der Waals surface area contributed by atoms with Crippen molar-refractivity contribution in [1.29, 1.82) is 0 Å². The SMILES string of the molecule is CN(CCn1cnc2ccccc21)C(=O)CN1CCOC1=O. The Balaban J connectivity index is 1.56. The number of rotatable bonds is 5. The highest BCUT2D eigenvalue weighted by molar-refractivity contribution is 5.82. The van der Waals surface area contributed by atoms with Crippen LogP contribution in [0.15, 0.2) is 30.6 Å². The van der Waals surface area contributed by atoms with E-state index < -0.39 is 6.09 Å². The maximum atomic E-state index is 12.1. The van der Waals surface area contributed by atoms with Crippen molar-refractivity contribution in [3.8, 4) is 0 Å². The zero-order valence-corrected chi connectivity index (χ0v) is 12.4. The first-order valence-electron chi connectivity index (χ1n) is 7.20. The van der Waals surface area contributed by atoms with Gasteiger partial charge in [0.25, 0.3) is 0 Å². The molecule has 0 bridgehead atoms. The Kier molecular flexibility index (Phi) is 3.95. The molecular formula is C15H18N4O3. The van der Waals surface area contributed by atoms with Crippen LogP contribution < -0.4 is 0 Å².